The summed E-state index contributed by atoms with van der Waals surface area (Å²) in [7, 11) is 1.53. The van der Waals surface area contributed by atoms with Gasteiger partial charge in [-0.2, -0.15) is 0 Å². The minimum Gasteiger partial charge on any atom is -0.497 e. The Kier molecular flexibility index (Phi) is 5.37. The maximum absolute atomic E-state index is 11.8. The molecular weight excluding hydrogens is 300 g/mol. The number of rotatable bonds is 5. The first-order chi connectivity index (χ1) is 11.0. The number of aryl methyl sites for hydroxylation is 1. The Labute approximate surface area is 133 Å². The normalized spacial score (nSPS) is 11.6. The fourth-order valence-corrected chi connectivity index (χ4v) is 1.86. The van der Waals surface area contributed by atoms with Crippen molar-refractivity contribution in [2.45, 2.75) is 13.0 Å². The number of aliphatic hydroxyl groups is 1. The van der Waals surface area contributed by atoms with Gasteiger partial charge in [-0.05, 0) is 43.3 Å². The largest absolute Gasteiger partial charge is 0.497 e. The number of benzene rings is 1. The minimum atomic E-state index is -1.01. The summed E-state index contributed by atoms with van der Waals surface area (Å²) < 4.78 is 10.2. The molecule has 0 aliphatic heterocycles. The summed E-state index contributed by atoms with van der Waals surface area (Å²) in [5, 5.41) is 14.7. The Hall–Kier alpha value is -2.80. The van der Waals surface area contributed by atoms with Crippen LogP contribution in [0.4, 0.5) is 5.69 Å². The Morgan fingerprint density at radius 1 is 1.17 bits per heavy atom. The van der Waals surface area contributed by atoms with Crippen LogP contribution in [0.5, 0.6) is 5.75 Å². The molecule has 1 aromatic heterocycles. The average molecular weight is 318 g/mol. The third-order valence-corrected chi connectivity index (χ3v) is 3.10. The second kappa shape index (κ2) is 7.46. The van der Waals surface area contributed by atoms with E-state index in [4.69, 9.17) is 9.15 Å². The van der Waals surface area contributed by atoms with Gasteiger partial charge in [-0.1, -0.05) is 0 Å². The monoisotopic (exact) mass is 318 g/mol. The Balaban J connectivity index is 1.83. The molecule has 0 radical (unpaired) electrons. The van der Waals surface area contributed by atoms with Gasteiger partial charge >= 0.3 is 11.8 Å². The first-order valence-electron chi connectivity index (χ1n) is 6.97. The van der Waals surface area contributed by atoms with Gasteiger partial charge in [0.2, 0.25) is 0 Å². The summed E-state index contributed by atoms with van der Waals surface area (Å²) in [6.45, 7) is 1.62. The van der Waals surface area contributed by atoms with Gasteiger partial charge in [0.1, 0.15) is 23.4 Å². The molecule has 0 aliphatic rings. The summed E-state index contributed by atoms with van der Waals surface area (Å²) in [5.74, 6) is -0.0357. The highest BCUT2D eigenvalue weighted by molar-refractivity contribution is 6.39. The standard InChI is InChI=1S/C16H18N2O5/c1-10-3-8-14(23-10)13(19)9-17-15(20)16(21)18-11-4-6-12(22-2)7-5-11/h3-8,13,19H,9H2,1-2H3,(H,17,20)(H,18,21). The van der Waals surface area contributed by atoms with Crippen molar-refractivity contribution in [3.05, 3.63) is 47.9 Å². The van der Waals surface area contributed by atoms with Crippen LogP contribution < -0.4 is 15.4 Å². The van der Waals surface area contributed by atoms with E-state index in [0.29, 0.717) is 23.0 Å². The van der Waals surface area contributed by atoms with E-state index < -0.39 is 17.9 Å². The molecule has 1 aromatic carbocycles. The molecule has 1 unspecified atom stereocenters. The molecule has 0 bridgehead atoms. The molecule has 1 atom stereocenters. The van der Waals surface area contributed by atoms with Crippen LogP contribution in [0, 0.1) is 6.92 Å². The zero-order chi connectivity index (χ0) is 16.8. The van der Waals surface area contributed by atoms with E-state index in [-0.39, 0.29) is 6.54 Å². The predicted molar refractivity (Wildman–Crippen MR) is 83.0 cm³/mol. The smallest absolute Gasteiger partial charge is 0.313 e. The van der Waals surface area contributed by atoms with Crippen molar-refractivity contribution in [2.75, 3.05) is 19.0 Å². The molecule has 7 nitrogen and oxygen atoms in total. The Morgan fingerprint density at radius 3 is 2.43 bits per heavy atom. The molecule has 2 amide bonds. The fourth-order valence-electron chi connectivity index (χ4n) is 1.86. The van der Waals surface area contributed by atoms with Crippen LogP contribution in [0.3, 0.4) is 0 Å². The molecule has 2 aromatic rings. The van der Waals surface area contributed by atoms with E-state index in [1.807, 2.05) is 0 Å². The zero-order valence-electron chi connectivity index (χ0n) is 12.8. The van der Waals surface area contributed by atoms with Crippen LogP contribution in [-0.2, 0) is 9.59 Å². The van der Waals surface area contributed by atoms with Crippen LogP contribution in [-0.4, -0.2) is 30.6 Å². The van der Waals surface area contributed by atoms with Crippen molar-refractivity contribution < 1.29 is 23.8 Å². The van der Waals surface area contributed by atoms with Crippen molar-refractivity contribution in [2.24, 2.45) is 0 Å². The first kappa shape index (κ1) is 16.6. The lowest BCUT2D eigenvalue weighted by Gasteiger charge is -2.10. The zero-order valence-corrected chi connectivity index (χ0v) is 12.8. The SMILES string of the molecule is COc1ccc(NC(=O)C(=O)NCC(O)c2ccc(C)o2)cc1. The molecular formula is C16H18N2O5. The van der Waals surface area contributed by atoms with Gasteiger partial charge in [0.15, 0.2) is 0 Å². The van der Waals surface area contributed by atoms with Crippen LogP contribution in [0.2, 0.25) is 0 Å². The molecule has 0 saturated heterocycles. The quantitative estimate of drug-likeness (QED) is 0.723. The minimum absolute atomic E-state index is 0.123. The lowest BCUT2D eigenvalue weighted by Crippen LogP contribution is -2.37. The maximum atomic E-state index is 11.8. The number of nitrogens with one attached hydrogen (secondary N) is 2. The van der Waals surface area contributed by atoms with Gasteiger partial charge in [-0.15, -0.1) is 0 Å². The summed E-state index contributed by atoms with van der Waals surface area (Å²) in [6, 6.07) is 9.88. The number of carbonyl (C=O) groups excluding carboxylic acids is 2. The van der Waals surface area contributed by atoms with Crippen LogP contribution in [0.25, 0.3) is 0 Å². The fraction of sp³-hybridized carbons (Fsp3) is 0.250. The highest BCUT2D eigenvalue weighted by Crippen LogP contribution is 2.16. The van der Waals surface area contributed by atoms with Gasteiger partial charge in [0.25, 0.3) is 0 Å². The summed E-state index contributed by atoms with van der Waals surface area (Å²) >= 11 is 0. The van der Waals surface area contributed by atoms with E-state index in [0.717, 1.165) is 0 Å². The average Bonchev–Trinajstić information content (AvgIpc) is 2.99. The number of amides is 2. The van der Waals surface area contributed by atoms with Gasteiger partial charge < -0.3 is 24.9 Å². The van der Waals surface area contributed by atoms with Gasteiger partial charge in [0.05, 0.1) is 13.7 Å². The number of aliphatic hydroxyl groups excluding tert-OH is 1. The summed E-state index contributed by atoms with van der Waals surface area (Å²) in [6.07, 6.45) is -1.01. The molecule has 23 heavy (non-hydrogen) atoms. The molecule has 0 fully saturated rings. The lowest BCUT2D eigenvalue weighted by atomic mass is 10.2. The molecule has 122 valence electrons. The molecule has 0 spiro atoms. The number of methoxy groups -OCH3 is 1. The number of furan rings is 1. The number of carbonyl (C=O) groups is 2. The Bertz CT molecular complexity index is 678. The van der Waals surface area contributed by atoms with Crippen LogP contribution >= 0.6 is 0 Å². The van der Waals surface area contributed by atoms with E-state index in [2.05, 4.69) is 10.6 Å². The van der Waals surface area contributed by atoms with Gasteiger partial charge in [-0.25, -0.2) is 0 Å². The highest BCUT2D eigenvalue weighted by atomic mass is 16.5. The first-order valence-corrected chi connectivity index (χ1v) is 6.97. The van der Waals surface area contributed by atoms with Crippen molar-refractivity contribution in [1.29, 1.82) is 0 Å². The molecule has 7 heteroatoms. The van der Waals surface area contributed by atoms with Gasteiger partial charge in [0, 0.05) is 5.69 Å². The van der Waals surface area contributed by atoms with E-state index in [1.165, 1.54) is 7.11 Å². The summed E-state index contributed by atoms with van der Waals surface area (Å²) in [5.41, 5.74) is 0.466. The van der Waals surface area contributed by atoms with Crippen molar-refractivity contribution in [1.82, 2.24) is 5.32 Å². The second-order valence-corrected chi connectivity index (χ2v) is 4.86. The summed E-state index contributed by atoms with van der Waals surface area (Å²) in [4.78, 5) is 23.5. The van der Waals surface area contributed by atoms with Gasteiger partial charge in [-0.3, -0.25) is 9.59 Å². The third-order valence-electron chi connectivity index (χ3n) is 3.10. The number of hydrogen-bond acceptors (Lipinski definition) is 5. The third kappa shape index (κ3) is 4.58. The van der Waals surface area contributed by atoms with Crippen molar-refractivity contribution >= 4 is 17.5 Å². The molecule has 2 rings (SSSR count). The molecule has 3 N–H and O–H groups in total. The maximum Gasteiger partial charge on any atom is 0.313 e. The van der Waals surface area contributed by atoms with Crippen LogP contribution in [0.1, 0.15) is 17.6 Å². The van der Waals surface area contributed by atoms with Crippen LogP contribution in [0.15, 0.2) is 40.8 Å². The number of anilines is 1. The number of ether oxygens (including phenoxy) is 1. The topological polar surface area (TPSA) is 101 Å². The highest BCUT2D eigenvalue weighted by Gasteiger charge is 2.17. The van der Waals surface area contributed by atoms with E-state index in [1.54, 1.807) is 43.3 Å². The van der Waals surface area contributed by atoms with Crippen molar-refractivity contribution in [3.8, 4) is 5.75 Å². The van der Waals surface area contributed by atoms with E-state index >= 15 is 0 Å². The second-order valence-electron chi connectivity index (χ2n) is 4.86. The van der Waals surface area contributed by atoms with E-state index in [9.17, 15) is 14.7 Å². The lowest BCUT2D eigenvalue weighted by molar-refractivity contribution is -0.136. The molecule has 0 saturated carbocycles. The number of hydrogen-bond donors (Lipinski definition) is 3. The van der Waals surface area contributed by atoms with Crippen molar-refractivity contribution in [3.63, 3.8) is 0 Å². The Morgan fingerprint density at radius 2 is 1.87 bits per heavy atom. The predicted octanol–water partition coefficient (Wildman–Crippen LogP) is 1.38. The molecule has 1 heterocycles. The molecule has 0 aliphatic carbocycles.